The molecular weight excluding hydrogens is 216 g/mol. The lowest BCUT2D eigenvalue weighted by Crippen LogP contribution is -2.18. The highest BCUT2D eigenvalue weighted by atomic mass is 16.5. The Morgan fingerprint density at radius 2 is 2.06 bits per heavy atom. The Bertz CT molecular complexity index is 368. The fraction of sp³-hybridized carbons (Fsp3) is 0.769. The summed E-state index contributed by atoms with van der Waals surface area (Å²) in [5.41, 5.74) is 3.12. The molecule has 2 heterocycles. The van der Waals surface area contributed by atoms with Gasteiger partial charge in [0.05, 0.1) is 12.3 Å². The summed E-state index contributed by atoms with van der Waals surface area (Å²) >= 11 is 0. The van der Waals surface area contributed by atoms with Crippen LogP contribution in [-0.4, -0.2) is 28.1 Å². The second-order valence-corrected chi connectivity index (χ2v) is 4.88. The monoisotopic (exact) mass is 238 g/mol. The second-order valence-electron chi connectivity index (χ2n) is 4.88. The quantitative estimate of drug-likeness (QED) is 0.870. The minimum atomic E-state index is 0.0386. The summed E-state index contributed by atoms with van der Waals surface area (Å²) in [6, 6.07) is 0. The van der Waals surface area contributed by atoms with Crippen molar-refractivity contribution in [3.8, 4) is 0 Å². The molecule has 0 spiro atoms. The van der Waals surface area contributed by atoms with E-state index in [0.29, 0.717) is 0 Å². The minimum absolute atomic E-state index is 0.0386. The van der Waals surface area contributed by atoms with Crippen molar-refractivity contribution in [1.29, 1.82) is 0 Å². The van der Waals surface area contributed by atoms with Gasteiger partial charge in [-0.05, 0) is 44.6 Å². The van der Waals surface area contributed by atoms with Crippen LogP contribution in [0.15, 0.2) is 0 Å². The topological polar surface area (TPSA) is 47.3 Å². The van der Waals surface area contributed by atoms with Crippen LogP contribution in [-0.2, 0) is 17.9 Å². The summed E-state index contributed by atoms with van der Waals surface area (Å²) in [6.45, 7) is 6.91. The first-order valence-corrected chi connectivity index (χ1v) is 6.44. The van der Waals surface area contributed by atoms with E-state index in [1.807, 2.05) is 11.6 Å². The van der Waals surface area contributed by atoms with Gasteiger partial charge in [0.1, 0.15) is 0 Å². The molecule has 1 aliphatic heterocycles. The van der Waals surface area contributed by atoms with E-state index in [9.17, 15) is 5.11 Å². The summed E-state index contributed by atoms with van der Waals surface area (Å²) < 4.78 is 7.40. The van der Waals surface area contributed by atoms with Gasteiger partial charge in [0.25, 0.3) is 0 Å². The summed E-state index contributed by atoms with van der Waals surface area (Å²) in [4.78, 5) is 0. The fourth-order valence-electron chi connectivity index (χ4n) is 2.41. The molecule has 4 nitrogen and oxygen atoms in total. The van der Waals surface area contributed by atoms with Crippen LogP contribution in [0.5, 0.6) is 0 Å². The Balaban J connectivity index is 1.94. The van der Waals surface area contributed by atoms with E-state index in [1.54, 1.807) is 0 Å². The van der Waals surface area contributed by atoms with Crippen molar-refractivity contribution in [2.24, 2.45) is 5.92 Å². The molecule has 4 heteroatoms. The van der Waals surface area contributed by atoms with E-state index in [-0.39, 0.29) is 6.61 Å². The molecule has 1 saturated heterocycles. The van der Waals surface area contributed by atoms with Crippen molar-refractivity contribution in [3.05, 3.63) is 17.0 Å². The predicted molar refractivity (Wildman–Crippen MR) is 65.8 cm³/mol. The third-order valence-corrected chi connectivity index (χ3v) is 3.84. The van der Waals surface area contributed by atoms with Gasteiger partial charge in [-0.2, -0.15) is 5.10 Å². The van der Waals surface area contributed by atoms with E-state index < -0.39 is 0 Å². The van der Waals surface area contributed by atoms with E-state index in [2.05, 4.69) is 12.0 Å². The standard InChI is InChI=1S/C13H22N2O2/c1-10-11(2)15(14-13(10)9-16)6-3-12-4-7-17-8-5-12/h12,16H,3-9H2,1-2H3. The van der Waals surface area contributed by atoms with Gasteiger partial charge in [-0.25, -0.2) is 0 Å². The van der Waals surface area contributed by atoms with Crippen molar-refractivity contribution in [2.75, 3.05) is 13.2 Å². The largest absolute Gasteiger partial charge is 0.390 e. The smallest absolute Gasteiger partial charge is 0.0910 e. The summed E-state index contributed by atoms with van der Waals surface area (Å²) in [5.74, 6) is 0.769. The molecule has 0 aromatic carbocycles. The first-order chi connectivity index (χ1) is 8.22. The summed E-state index contributed by atoms with van der Waals surface area (Å²) in [7, 11) is 0. The van der Waals surface area contributed by atoms with Crippen LogP contribution in [0.3, 0.4) is 0 Å². The zero-order valence-corrected chi connectivity index (χ0v) is 10.8. The molecule has 0 bridgehead atoms. The van der Waals surface area contributed by atoms with Crippen molar-refractivity contribution in [2.45, 2.75) is 46.3 Å². The highest BCUT2D eigenvalue weighted by Gasteiger charge is 2.15. The molecule has 0 atom stereocenters. The highest BCUT2D eigenvalue weighted by molar-refractivity contribution is 5.22. The molecule has 0 aliphatic carbocycles. The van der Waals surface area contributed by atoms with Crippen molar-refractivity contribution in [3.63, 3.8) is 0 Å². The van der Waals surface area contributed by atoms with E-state index in [0.717, 1.165) is 43.4 Å². The van der Waals surface area contributed by atoms with Crippen molar-refractivity contribution in [1.82, 2.24) is 9.78 Å². The molecule has 2 rings (SSSR count). The Morgan fingerprint density at radius 3 is 2.65 bits per heavy atom. The third-order valence-electron chi connectivity index (χ3n) is 3.84. The number of aliphatic hydroxyl groups excluding tert-OH is 1. The number of hydrogen-bond donors (Lipinski definition) is 1. The van der Waals surface area contributed by atoms with Crippen LogP contribution in [0.1, 0.15) is 36.2 Å². The molecule has 1 aromatic heterocycles. The number of ether oxygens (including phenoxy) is 1. The predicted octanol–water partition coefficient (Wildman–Crippen LogP) is 1.81. The summed E-state index contributed by atoms with van der Waals surface area (Å²) in [5, 5.41) is 13.6. The molecule has 0 unspecified atom stereocenters. The van der Waals surface area contributed by atoms with Gasteiger partial charge in [0.15, 0.2) is 0 Å². The van der Waals surface area contributed by atoms with Gasteiger partial charge in [0.2, 0.25) is 0 Å². The lowest BCUT2D eigenvalue weighted by Gasteiger charge is -2.21. The van der Waals surface area contributed by atoms with Gasteiger partial charge in [0, 0.05) is 25.5 Å². The maximum atomic E-state index is 9.18. The molecule has 96 valence electrons. The highest BCUT2D eigenvalue weighted by Crippen LogP contribution is 2.20. The molecule has 0 saturated carbocycles. The lowest BCUT2D eigenvalue weighted by molar-refractivity contribution is 0.0622. The SMILES string of the molecule is Cc1c(CO)nn(CCC2CCOCC2)c1C. The lowest BCUT2D eigenvalue weighted by atomic mass is 9.97. The average molecular weight is 238 g/mol. The first kappa shape index (κ1) is 12.6. The van der Waals surface area contributed by atoms with Gasteiger partial charge in [-0.1, -0.05) is 0 Å². The maximum Gasteiger partial charge on any atom is 0.0910 e. The third kappa shape index (κ3) is 2.87. The second kappa shape index (κ2) is 5.65. The van der Waals surface area contributed by atoms with Crippen LogP contribution in [0, 0.1) is 19.8 Å². The minimum Gasteiger partial charge on any atom is -0.390 e. The number of aryl methyl sites for hydroxylation is 1. The van der Waals surface area contributed by atoms with E-state index >= 15 is 0 Å². The fourth-order valence-corrected chi connectivity index (χ4v) is 2.41. The molecule has 1 aromatic rings. The van der Waals surface area contributed by atoms with E-state index in [1.165, 1.54) is 18.5 Å². The number of aliphatic hydroxyl groups is 1. The Hall–Kier alpha value is -0.870. The molecule has 0 amide bonds. The van der Waals surface area contributed by atoms with Gasteiger partial charge >= 0.3 is 0 Å². The average Bonchev–Trinajstić information content (AvgIpc) is 2.65. The Kier molecular flexibility index (Phi) is 4.18. The maximum absolute atomic E-state index is 9.18. The molecule has 1 aliphatic rings. The molecule has 0 radical (unpaired) electrons. The first-order valence-electron chi connectivity index (χ1n) is 6.44. The Labute approximate surface area is 103 Å². The van der Waals surface area contributed by atoms with E-state index in [4.69, 9.17) is 4.74 Å². The zero-order chi connectivity index (χ0) is 12.3. The zero-order valence-electron chi connectivity index (χ0n) is 10.8. The van der Waals surface area contributed by atoms with Crippen LogP contribution >= 0.6 is 0 Å². The van der Waals surface area contributed by atoms with Crippen LogP contribution in [0.2, 0.25) is 0 Å². The molecular formula is C13H22N2O2. The van der Waals surface area contributed by atoms with Crippen LogP contribution in [0.4, 0.5) is 0 Å². The molecule has 1 fully saturated rings. The number of aromatic nitrogens is 2. The van der Waals surface area contributed by atoms with Gasteiger partial charge in [-0.15, -0.1) is 0 Å². The van der Waals surface area contributed by atoms with Crippen LogP contribution < -0.4 is 0 Å². The van der Waals surface area contributed by atoms with Gasteiger partial charge in [-0.3, -0.25) is 4.68 Å². The summed E-state index contributed by atoms with van der Waals surface area (Å²) in [6.07, 6.45) is 3.51. The van der Waals surface area contributed by atoms with Crippen LogP contribution in [0.25, 0.3) is 0 Å². The Morgan fingerprint density at radius 1 is 1.35 bits per heavy atom. The van der Waals surface area contributed by atoms with Gasteiger partial charge < -0.3 is 9.84 Å². The van der Waals surface area contributed by atoms with Crippen molar-refractivity contribution >= 4 is 0 Å². The normalized spacial score (nSPS) is 17.6. The van der Waals surface area contributed by atoms with Crippen molar-refractivity contribution < 1.29 is 9.84 Å². The molecule has 1 N–H and O–H groups in total. The number of nitrogens with zero attached hydrogens (tertiary/aromatic N) is 2. The molecule has 17 heavy (non-hydrogen) atoms. The number of rotatable bonds is 4. The number of hydrogen-bond acceptors (Lipinski definition) is 3.